The molecule has 3 aliphatic carbocycles. The van der Waals surface area contributed by atoms with Crippen LogP contribution in [-0.4, -0.2) is 33.1 Å². The van der Waals surface area contributed by atoms with E-state index < -0.39 is 17.8 Å². The summed E-state index contributed by atoms with van der Waals surface area (Å²) in [6, 6.07) is 0. The number of hydrogen-bond donors (Lipinski definition) is 3. The molecule has 0 heterocycles. The zero-order valence-corrected chi connectivity index (χ0v) is 18.6. The highest BCUT2D eigenvalue weighted by Gasteiger charge is 2.45. The van der Waals surface area contributed by atoms with E-state index in [1.165, 1.54) is 25.7 Å². The Kier molecular flexibility index (Phi) is 6.92. The Hall–Kier alpha value is -1.16. The second kappa shape index (κ2) is 8.91. The monoisotopic (exact) mass is 400 g/mol. The number of hydrogen-bond acceptors (Lipinski definition) is 3. The number of allylic oxidation sites excluding steroid dienone is 5. The number of rotatable bonds is 5. The lowest BCUT2D eigenvalue weighted by Gasteiger charge is -2.39. The minimum absolute atomic E-state index is 0.275. The molecule has 4 atom stereocenters. The molecule has 0 bridgehead atoms. The van der Waals surface area contributed by atoms with Crippen molar-refractivity contribution in [2.45, 2.75) is 103 Å². The van der Waals surface area contributed by atoms with Gasteiger partial charge >= 0.3 is 0 Å². The van der Waals surface area contributed by atoms with E-state index >= 15 is 0 Å². The van der Waals surface area contributed by atoms with Crippen molar-refractivity contribution in [1.29, 1.82) is 0 Å². The van der Waals surface area contributed by atoms with E-state index in [2.05, 4.69) is 31.7 Å². The summed E-state index contributed by atoms with van der Waals surface area (Å²) in [5, 5.41) is 30.1. The summed E-state index contributed by atoms with van der Waals surface area (Å²) in [4.78, 5) is 0. The molecule has 1 unspecified atom stereocenters. The van der Waals surface area contributed by atoms with Crippen molar-refractivity contribution >= 4 is 0 Å². The van der Waals surface area contributed by atoms with Crippen LogP contribution in [0.15, 0.2) is 47.1 Å². The Morgan fingerprint density at radius 2 is 1.83 bits per heavy atom. The van der Waals surface area contributed by atoms with Crippen molar-refractivity contribution in [2.24, 2.45) is 11.3 Å². The van der Waals surface area contributed by atoms with Gasteiger partial charge in [0.15, 0.2) is 0 Å². The molecule has 3 fully saturated rings. The van der Waals surface area contributed by atoms with Crippen LogP contribution in [0.1, 0.15) is 85.0 Å². The smallest absolute Gasteiger partial charge is 0.0809 e. The third kappa shape index (κ3) is 5.31. The van der Waals surface area contributed by atoms with Crippen LogP contribution in [-0.2, 0) is 0 Å². The molecule has 0 aromatic carbocycles. The fourth-order valence-corrected chi connectivity index (χ4v) is 5.66. The van der Waals surface area contributed by atoms with E-state index in [-0.39, 0.29) is 5.41 Å². The van der Waals surface area contributed by atoms with Crippen LogP contribution in [0.2, 0.25) is 0 Å². The molecule has 0 aromatic rings. The molecule has 0 aromatic heterocycles. The molecule has 3 rings (SSSR count). The maximum absolute atomic E-state index is 10.1. The minimum atomic E-state index is -0.620. The van der Waals surface area contributed by atoms with Crippen molar-refractivity contribution in [3.8, 4) is 0 Å². The zero-order chi connectivity index (χ0) is 21.2. The highest BCUT2D eigenvalue weighted by Crippen LogP contribution is 2.57. The van der Waals surface area contributed by atoms with Gasteiger partial charge in [-0.2, -0.15) is 0 Å². The SMILES string of the molecule is C=C1[C@H](O)CC(=C/C=C2/CCC[C@]3(C)/C(=C/CCCC(C)(C)O)CCC23)C[C@H]1O. The number of aliphatic hydroxyl groups is 3. The lowest BCUT2D eigenvalue weighted by atomic mass is 9.65. The Balaban J connectivity index is 1.69. The Bertz CT molecular complexity index is 690. The maximum Gasteiger partial charge on any atom is 0.0809 e. The fraction of sp³-hybridized carbons (Fsp3) is 0.692. The van der Waals surface area contributed by atoms with Gasteiger partial charge in [-0.05, 0) is 95.0 Å². The van der Waals surface area contributed by atoms with Crippen LogP contribution in [0.4, 0.5) is 0 Å². The molecule has 3 saturated carbocycles. The summed E-state index contributed by atoms with van der Waals surface area (Å²) in [6.07, 6.45) is 15.9. The number of unbranched alkanes of at least 4 members (excludes halogenated alkanes) is 1. The molecule has 162 valence electrons. The van der Waals surface area contributed by atoms with Gasteiger partial charge in [-0.3, -0.25) is 0 Å². The average Bonchev–Trinajstić information content (AvgIpc) is 2.97. The quantitative estimate of drug-likeness (QED) is 0.429. The highest BCUT2D eigenvalue weighted by molar-refractivity contribution is 5.33. The van der Waals surface area contributed by atoms with Gasteiger partial charge in [-0.25, -0.2) is 0 Å². The molecular weight excluding hydrogens is 360 g/mol. The average molecular weight is 401 g/mol. The van der Waals surface area contributed by atoms with Gasteiger partial charge in [0, 0.05) is 0 Å². The molecule has 29 heavy (non-hydrogen) atoms. The van der Waals surface area contributed by atoms with E-state index in [0.29, 0.717) is 24.3 Å². The maximum atomic E-state index is 10.1. The van der Waals surface area contributed by atoms with Crippen LogP contribution < -0.4 is 0 Å². The summed E-state index contributed by atoms with van der Waals surface area (Å²) in [5.41, 5.74) is 4.54. The molecule has 3 heteroatoms. The van der Waals surface area contributed by atoms with Crippen molar-refractivity contribution in [1.82, 2.24) is 0 Å². The first kappa shape index (κ1) is 22.5. The topological polar surface area (TPSA) is 60.7 Å². The van der Waals surface area contributed by atoms with Crippen molar-refractivity contribution < 1.29 is 15.3 Å². The third-order valence-corrected chi connectivity index (χ3v) is 7.50. The Morgan fingerprint density at radius 1 is 1.14 bits per heavy atom. The van der Waals surface area contributed by atoms with Crippen LogP contribution in [0.3, 0.4) is 0 Å². The van der Waals surface area contributed by atoms with Gasteiger partial charge in [-0.15, -0.1) is 0 Å². The molecular formula is C26H40O3. The normalized spacial score (nSPS) is 36.0. The fourth-order valence-electron chi connectivity index (χ4n) is 5.66. The zero-order valence-electron chi connectivity index (χ0n) is 18.6. The van der Waals surface area contributed by atoms with Crippen molar-refractivity contribution in [2.75, 3.05) is 0 Å². The first-order valence-corrected chi connectivity index (χ1v) is 11.5. The first-order valence-electron chi connectivity index (χ1n) is 11.5. The van der Waals surface area contributed by atoms with Crippen molar-refractivity contribution in [3.63, 3.8) is 0 Å². The summed E-state index contributed by atoms with van der Waals surface area (Å²) in [5.74, 6) is 0.613. The lowest BCUT2D eigenvalue weighted by Crippen LogP contribution is -2.29. The molecule has 3 aliphatic rings. The summed E-state index contributed by atoms with van der Waals surface area (Å²) in [6.45, 7) is 10.0. The predicted molar refractivity (Wildman–Crippen MR) is 119 cm³/mol. The number of aliphatic hydroxyl groups excluding tert-OH is 2. The molecule has 0 aliphatic heterocycles. The lowest BCUT2D eigenvalue weighted by molar-refractivity contribution is 0.0691. The van der Waals surface area contributed by atoms with Crippen LogP contribution >= 0.6 is 0 Å². The minimum Gasteiger partial charge on any atom is -0.390 e. The number of fused-ring (bicyclic) bond motifs is 1. The summed E-state index contributed by atoms with van der Waals surface area (Å²) >= 11 is 0. The van der Waals surface area contributed by atoms with Gasteiger partial charge in [0.2, 0.25) is 0 Å². The van der Waals surface area contributed by atoms with Crippen LogP contribution in [0, 0.1) is 11.3 Å². The first-order chi connectivity index (χ1) is 13.6. The summed E-state index contributed by atoms with van der Waals surface area (Å²) < 4.78 is 0. The van der Waals surface area contributed by atoms with Gasteiger partial charge in [0.25, 0.3) is 0 Å². The summed E-state index contributed by atoms with van der Waals surface area (Å²) in [7, 11) is 0. The second-order valence-electron chi connectivity index (χ2n) is 10.4. The van der Waals surface area contributed by atoms with E-state index in [1.54, 1.807) is 11.1 Å². The second-order valence-corrected chi connectivity index (χ2v) is 10.4. The standard InChI is InChI=1S/C26H40O3/c1-18-23(27)16-19(17-24(18)28)10-11-20-8-7-15-26(4)21(12-13-22(20)26)9-5-6-14-25(2,3)29/h9-11,22-24,27-29H,1,5-8,12-17H2,2-4H3/b20-11-,21-9+/t22?,23-,24-,26-/m1/s1. The van der Waals surface area contributed by atoms with E-state index in [9.17, 15) is 15.3 Å². The van der Waals surface area contributed by atoms with E-state index in [1.807, 2.05) is 13.8 Å². The highest BCUT2D eigenvalue weighted by atomic mass is 16.3. The molecule has 3 N–H and O–H groups in total. The van der Waals surface area contributed by atoms with Gasteiger partial charge in [0.05, 0.1) is 17.8 Å². The molecule has 3 nitrogen and oxygen atoms in total. The van der Waals surface area contributed by atoms with E-state index in [4.69, 9.17) is 0 Å². The van der Waals surface area contributed by atoms with Gasteiger partial charge in [-0.1, -0.05) is 48.5 Å². The molecule has 0 radical (unpaired) electrons. The van der Waals surface area contributed by atoms with E-state index in [0.717, 1.165) is 31.3 Å². The van der Waals surface area contributed by atoms with Gasteiger partial charge < -0.3 is 15.3 Å². The molecule has 0 spiro atoms. The Labute approximate surface area is 176 Å². The predicted octanol–water partition coefficient (Wildman–Crippen LogP) is 5.38. The van der Waals surface area contributed by atoms with Gasteiger partial charge in [0.1, 0.15) is 0 Å². The largest absolute Gasteiger partial charge is 0.390 e. The third-order valence-electron chi connectivity index (χ3n) is 7.50. The van der Waals surface area contributed by atoms with Crippen LogP contribution in [0.25, 0.3) is 0 Å². The van der Waals surface area contributed by atoms with Crippen molar-refractivity contribution in [3.05, 3.63) is 47.1 Å². The molecule has 0 amide bonds. The van der Waals surface area contributed by atoms with Crippen LogP contribution in [0.5, 0.6) is 0 Å². The molecule has 0 saturated heterocycles. The Morgan fingerprint density at radius 3 is 2.48 bits per heavy atom.